The first-order chi connectivity index (χ1) is 7.72. The number of fused-ring (bicyclic) bond motifs is 2. The fraction of sp³-hybridized carbons (Fsp3) is 1.00. The van der Waals surface area contributed by atoms with Crippen LogP contribution in [0.1, 0.15) is 45.4 Å². The maximum Gasteiger partial charge on any atom is 0.00988 e. The minimum absolute atomic E-state index is 0.854. The number of hydrogen-bond acceptors (Lipinski definition) is 2. The van der Waals surface area contributed by atoms with Crippen molar-refractivity contribution in [1.82, 2.24) is 10.2 Å². The van der Waals surface area contributed by atoms with Gasteiger partial charge in [0.05, 0.1) is 0 Å². The fourth-order valence-electron chi connectivity index (χ4n) is 4.09. The molecule has 2 atom stereocenters. The van der Waals surface area contributed by atoms with Crippen LogP contribution in [0.2, 0.25) is 0 Å². The van der Waals surface area contributed by atoms with Crippen molar-refractivity contribution in [3.8, 4) is 0 Å². The van der Waals surface area contributed by atoms with Crippen molar-refractivity contribution in [2.45, 2.75) is 63.6 Å². The summed E-state index contributed by atoms with van der Waals surface area (Å²) in [7, 11) is 2.33. The van der Waals surface area contributed by atoms with Crippen LogP contribution in [-0.4, -0.2) is 36.6 Å². The lowest BCUT2D eigenvalue weighted by atomic mass is 9.81. The van der Waals surface area contributed by atoms with Crippen LogP contribution in [0.5, 0.6) is 0 Å². The smallest absolute Gasteiger partial charge is 0.00988 e. The lowest BCUT2D eigenvalue weighted by Crippen LogP contribution is -2.46. The van der Waals surface area contributed by atoms with Gasteiger partial charge in [-0.3, -0.25) is 0 Å². The highest BCUT2D eigenvalue weighted by Gasteiger charge is 2.38. The summed E-state index contributed by atoms with van der Waals surface area (Å²) in [5, 5.41) is 3.78. The van der Waals surface area contributed by atoms with Gasteiger partial charge >= 0.3 is 0 Å². The highest BCUT2D eigenvalue weighted by Crippen LogP contribution is 2.37. The molecule has 92 valence electrons. The van der Waals surface area contributed by atoms with Crippen molar-refractivity contribution < 1.29 is 0 Å². The van der Waals surface area contributed by atoms with E-state index in [1.807, 2.05) is 0 Å². The second-order valence-electron chi connectivity index (χ2n) is 6.57. The van der Waals surface area contributed by atoms with Crippen LogP contribution >= 0.6 is 0 Å². The molecule has 0 spiro atoms. The van der Waals surface area contributed by atoms with E-state index >= 15 is 0 Å². The van der Waals surface area contributed by atoms with Gasteiger partial charge in [0.25, 0.3) is 0 Å². The number of rotatable bonds is 3. The molecule has 3 fully saturated rings. The van der Waals surface area contributed by atoms with Crippen LogP contribution in [0.25, 0.3) is 0 Å². The zero-order chi connectivity index (χ0) is 11.1. The Bertz CT molecular complexity index is 233. The molecule has 2 heteroatoms. The van der Waals surface area contributed by atoms with Crippen molar-refractivity contribution in [1.29, 1.82) is 0 Å². The van der Waals surface area contributed by atoms with Gasteiger partial charge in [0.15, 0.2) is 0 Å². The quantitative estimate of drug-likeness (QED) is 0.788. The van der Waals surface area contributed by atoms with Gasteiger partial charge in [0.2, 0.25) is 0 Å². The van der Waals surface area contributed by atoms with Crippen molar-refractivity contribution in [3.05, 3.63) is 0 Å². The lowest BCUT2D eigenvalue weighted by Gasteiger charge is -2.39. The molecule has 3 aliphatic rings. The molecule has 0 amide bonds. The van der Waals surface area contributed by atoms with E-state index in [0.29, 0.717) is 0 Å². The molecule has 2 nitrogen and oxygen atoms in total. The van der Waals surface area contributed by atoms with Crippen molar-refractivity contribution in [2.75, 3.05) is 13.6 Å². The molecule has 0 aromatic heterocycles. The second kappa shape index (κ2) is 4.30. The Morgan fingerprint density at radius 2 is 1.69 bits per heavy atom. The molecule has 0 aromatic carbocycles. The summed E-state index contributed by atoms with van der Waals surface area (Å²) in [6.45, 7) is 3.66. The SMILES string of the molecule is CC1CC(NCC2CC3CCC(C2)N3C)C1. The highest BCUT2D eigenvalue weighted by atomic mass is 15.2. The van der Waals surface area contributed by atoms with E-state index in [9.17, 15) is 0 Å². The zero-order valence-corrected chi connectivity index (χ0v) is 10.8. The van der Waals surface area contributed by atoms with E-state index in [0.717, 1.165) is 30.0 Å². The third-order valence-corrected chi connectivity index (χ3v) is 5.26. The van der Waals surface area contributed by atoms with Gasteiger partial charge in [0, 0.05) is 18.1 Å². The largest absolute Gasteiger partial charge is 0.314 e. The average molecular weight is 222 g/mol. The van der Waals surface area contributed by atoms with Gasteiger partial charge in [-0.1, -0.05) is 6.92 Å². The minimum Gasteiger partial charge on any atom is -0.314 e. The predicted molar refractivity (Wildman–Crippen MR) is 67.5 cm³/mol. The molecule has 2 unspecified atom stereocenters. The normalized spacial score (nSPS) is 48.0. The van der Waals surface area contributed by atoms with E-state index in [4.69, 9.17) is 0 Å². The highest BCUT2D eigenvalue weighted by molar-refractivity contribution is 4.94. The Balaban J connectivity index is 1.43. The summed E-state index contributed by atoms with van der Waals surface area (Å²) in [5.41, 5.74) is 0. The Kier molecular flexibility index (Phi) is 2.97. The maximum absolute atomic E-state index is 3.78. The number of nitrogens with one attached hydrogen (secondary N) is 1. The Hall–Kier alpha value is -0.0800. The molecule has 3 rings (SSSR count). The van der Waals surface area contributed by atoms with E-state index < -0.39 is 0 Å². The molecular formula is C14H26N2. The Morgan fingerprint density at radius 3 is 2.25 bits per heavy atom. The molecule has 16 heavy (non-hydrogen) atoms. The van der Waals surface area contributed by atoms with E-state index in [2.05, 4.69) is 24.2 Å². The zero-order valence-electron chi connectivity index (χ0n) is 10.8. The monoisotopic (exact) mass is 222 g/mol. The van der Waals surface area contributed by atoms with Gasteiger partial charge < -0.3 is 10.2 Å². The second-order valence-corrected chi connectivity index (χ2v) is 6.57. The van der Waals surface area contributed by atoms with Gasteiger partial charge in [0.1, 0.15) is 0 Å². The van der Waals surface area contributed by atoms with Gasteiger partial charge in [-0.05, 0) is 64.0 Å². The molecule has 2 saturated heterocycles. The van der Waals surface area contributed by atoms with Gasteiger partial charge in [-0.15, -0.1) is 0 Å². The molecule has 2 heterocycles. The van der Waals surface area contributed by atoms with Crippen LogP contribution in [0.15, 0.2) is 0 Å². The molecule has 1 saturated carbocycles. The molecular weight excluding hydrogens is 196 g/mol. The van der Waals surface area contributed by atoms with E-state index in [1.54, 1.807) is 0 Å². The average Bonchev–Trinajstić information content (AvgIpc) is 2.48. The van der Waals surface area contributed by atoms with Crippen LogP contribution in [0, 0.1) is 11.8 Å². The first-order valence-electron chi connectivity index (χ1n) is 7.17. The van der Waals surface area contributed by atoms with Crippen LogP contribution in [-0.2, 0) is 0 Å². The third-order valence-electron chi connectivity index (χ3n) is 5.26. The molecule has 2 bridgehead atoms. The van der Waals surface area contributed by atoms with E-state index in [-0.39, 0.29) is 0 Å². The van der Waals surface area contributed by atoms with Crippen LogP contribution in [0.3, 0.4) is 0 Å². The molecule has 0 radical (unpaired) electrons. The first kappa shape index (κ1) is 11.0. The standard InChI is InChI=1S/C14H26N2/c1-10-5-12(6-10)15-9-11-7-13-3-4-14(8-11)16(13)2/h10-15H,3-9H2,1-2H3. The van der Waals surface area contributed by atoms with E-state index in [1.165, 1.54) is 45.1 Å². The predicted octanol–water partition coefficient (Wildman–Crippen LogP) is 2.25. The van der Waals surface area contributed by atoms with Crippen LogP contribution in [0.4, 0.5) is 0 Å². The number of hydrogen-bond donors (Lipinski definition) is 1. The summed E-state index contributed by atoms with van der Waals surface area (Å²) in [4.78, 5) is 2.64. The fourth-order valence-corrected chi connectivity index (χ4v) is 4.09. The molecule has 1 aliphatic carbocycles. The molecule has 1 N–H and O–H groups in total. The summed E-state index contributed by atoms with van der Waals surface area (Å²) >= 11 is 0. The molecule has 2 aliphatic heterocycles. The van der Waals surface area contributed by atoms with Crippen molar-refractivity contribution in [3.63, 3.8) is 0 Å². The van der Waals surface area contributed by atoms with Crippen molar-refractivity contribution in [2.24, 2.45) is 11.8 Å². The first-order valence-corrected chi connectivity index (χ1v) is 7.17. The summed E-state index contributed by atoms with van der Waals surface area (Å²) < 4.78 is 0. The van der Waals surface area contributed by atoms with Gasteiger partial charge in [-0.25, -0.2) is 0 Å². The Labute approximate surface area is 99.8 Å². The number of piperidine rings is 1. The number of nitrogens with zero attached hydrogens (tertiary/aromatic N) is 1. The van der Waals surface area contributed by atoms with Crippen molar-refractivity contribution >= 4 is 0 Å². The summed E-state index contributed by atoms with van der Waals surface area (Å²) in [6, 6.07) is 2.67. The van der Waals surface area contributed by atoms with Gasteiger partial charge in [-0.2, -0.15) is 0 Å². The molecule has 0 aromatic rings. The lowest BCUT2D eigenvalue weighted by molar-refractivity contribution is 0.125. The third kappa shape index (κ3) is 2.02. The maximum atomic E-state index is 3.78. The van der Waals surface area contributed by atoms with Crippen LogP contribution < -0.4 is 5.32 Å². The summed E-state index contributed by atoms with van der Waals surface area (Å²) in [6.07, 6.45) is 8.64. The summed E-state index contributed by atoms with van der Waals surface area (Å²) in [5.74, 6) is 1.94. The Morgan fingerprint density at radius 1 is 1.06 bits per heavy atom. The topological polar surface area (TPSA) is 15.3 Å². The minimum atomic E-state index is 0.854.